The quantitative estimate of drug-likeness (QED) is 0.561. The van der Waals surface area contributed by atoms with Crippen molar-refractivity contribution in [3.05, 3.63) is 84.1 Å². The summed E-state index contributed by atoms with van der Waals surface area (Å²) in [6.45, 7) is -0.0839. The number of nitrogens with one attached hydrogen (secondary N) is 1. The van der Waals surface area contributed by atoms with Crippen molar-refractivity contribution in [2.45, 2.75) is 13.1 Å². The molecule has 0 unspecified atom stereocenters. The van der Waals surface area contributed by atoms with Gasteiger partial charge in [0.1, 0.15) is 17.3 Å². The van der Waals surface area contributed by atoms with Crippen molar-refractivity contribution in [2.75, 3.05) is 17.2 Å². The van der Waals surface area contributed by atoms with Gasteiger partial charge in [0.25, 0.3) is 5.91 Å². The molecule has 2 aromatic carbocycles. The fraction of sp³-hybridized carbons (Fsp3) is 0.190. The predicted molar refractivity (Wildman–Crippen MR) is 110 cm³/mol. The van der Waals surface area contributed by atoms with Gasteiger partial charge in [0, 0.05) is 5.56 Å². The van der Waals surface area contributed by atoms with Crippen molar-refractivity contribution in [3.8, 4) is 5.75 Å². The average molecular weight is 432 g/mol. The molecule has 1 N–H and O–H groups in total. The molecular formula is C21H21FN2O5S. The van der Waals surface area contributed by atoms with E-state index in [1.807, 2.05) is 0 Å². The Hall–Kier alpha value is -3.33. The first-order valence-electron chi connectivity index (χ1n) is 9.06. The molecule has 0 saturated heterocycles. The zero-order chi connectivity index (χ0) is 21.6. The van der Waals surface area contributed by atoms with Gasteiger partial charge in [0.05, 0.1) is 31.3 Å². The average Bonchev–Trinajstić information content (AvgIpc) is 3.23. The van der Waals surface area contributed by atoms with Gasteiger partial charge in [-0.15, -0.1) is 0 Å². The van der Waals surface area contributed by atoms with Crippen LogP contribution >= 0.6 is 0 Å². The molecule has 1 aromatic heterocycles. The van der Waals surface area contributed by atoms with Gasteiger partial charge in [0.2, 0.25) is 10.0 Å². The number of anilines is 1. The number of hydrogen-bond donors (Lipinski definition) is 1. The van der Waals surface area contributed by atoms with E-state index in [0.717, 1.165) is 10.6 Å². The molecule has 158 valence electrons. The smallest absolute Gasteiger partial charge is 0.258 e. The number of rotatable bonds is 9. The largest absolute Gasteiger partial charge is 0.484 e. The SMILES string of the molecule is CS(=O)(=O)N(Cc1ccccc1F)c1ccc(OCC(=O)NCc2ccco2)cc1. The Kier molecular flexibility index (Phi) is 6.73. The molecule has 3 rings (SSSR count). The Morgan fingerprint density at radius 2 is 1.83 bits per heavy atom. The lowest BCUT2D eigenvalue weighted by Gasteiger charge is -2.23. The summed E-state index contributed by atoms with van der Waals surface area (Å²) in [6, 6.07) is 15.7. The summed E-state index contributed by atoms with van der Waals surface area (Å²) < 4.78 is 50.1. The third-order valence-electron chi connectivity index (χ3n) is 4.21. The summed E-state index contributed by atoms with van der Waals surface area (Å²) in [7, 11) is -3.65. The van der Waals surface area contributed by atoms with Crippen LogP contribution in [0.2, 0.25) is 0 Å². The van der Waals surface area contributed by atoms with Crippen LogP contribution in [-0.2, 0) is 27.9 Å². The maximum absolute atomic E-state index is 14.0. The molecule has 0 fully saturated rings. The minimum atomic E-state index is -3.65. The number of halogens is 1. The second-order valence-electron chi connectivity index (χ2n) is 6.50. The number of carbonyl (C=O) groups is 1. The van der Waals surface area contributed by atoms with Gasteiger partial charge in [-0.1, -0.05) is 18.2 Å². The number of carbonyl (C=O) groups excluding carboxylic acids is 1. The first kappa shape index (κ1) is 21.4. The second kappa shape index (κ2) is 9.45. The lowest BCUT2D eigenvalue weighted by atomic mass is 10.2. The van der Waals surface area contributed by atoms with E-state index in [4.69, 9.17) is 9.15 Å². The highest BCUT2D eigenvalue weighted by Gasteiger charge is 2.19. The maximum atomic E-state index is 14.0. The van der Waals surface area contributed by atoms with Gasteiger partial charge < -0.3 is 14.5 Å². The molecule has 0 atom stereocenters. The van der Waals surface area contributed by atoms with Crippen molar-refractivity contribution in [1.82, 2.24) is 5.32 Å². The van der Waals surface area contributed by atoms with Gasteiger partial charge in [-0.05, 0) is 42.5 Å². The summed E-state index contributed by atoms with van der Waals surface area (Å²) in [5, 5.41) is 2.66. The van der Waals surface area contributed by atoms with Crippen molar-refractivity contribution in [2.24, 2.45) is 0 Å². The van der Waals surface area contributed by atoms with Gasteiger partial charge in [-0.2, -0.15) is 0 Å². The Labute approximate surface area is 174 Å². The van der Waals surface area contributed by atoms with E-state index in [0.29, 0.717) is 17.2 Å². The van der Waals surface area contributed by atoms with Gasteiger partial charge in [-0.3, -0.25) is 9.10 Å². The third kappa shape index (κ3) is 5.84. The number of hydrogen-bond acceptors (Lipinski definition) is 5. The highest BCUT2D eigenvalue weighted by atomic mass is 32.2. The highest BCUT2D eigenvalue weighted by molar-refractivity contribution is 7.92. The fourth-order valence-electron chi connectivity index (χ4n) is 2.69. The van der Waals surface area contributed by atoms with Gasteiger partial charge in [-0.25, -0.2) is 12.8 Å². The standard InChI is InChI=1S/C21H21FN2O5S/c1-30(26,27)24(14-16-5-2-3-7-20(16)22)17-8-10-18(11-9-17)29-15-21(25)23-13-19-6-4-12-28-19/h2-12H,13-15H2,1H3,(H,23,25). The van der Waals surface area contributed by atoms with Crippen molar-refractivity contribution >= 4 is 21.6 Å². The van der Waals surface area contributed by atoms with Crippen molar-refractivity contribution in [1.29, 1.82) is 0 Å². The number of amides is 1. The number of furan rings is 1. The van der Waals surface area contributed by atoms with E-state index >= 15 is 0 Å². The van der Waals surface area contributed by atoms with E-state index in [1.54, 1.807) is 36.4 Å². The minimum absolute atomic E-state index is 0.138. The van der Waals surface area contributed by atoms with Gasteiger partial charge in [0.15, 0.2) is 6.61 Å². The molecule has 7 nitrogen and oxygen atoms in total. The van der Waals surface area contributed by atoms with Crippen LogP contribution < -0.4 is 14.4 Å². The fourth-order valence-corrected chi connectivity index (χ4v) is 3.57. The molecule has 0 aliphatic carbocycles. The van der Waals surface area contributed by atoms with Crippen LogP contribution in [0.5, 0.6) is 5.75 Å². The lowest BCUT2D eigenvalue weighted by molar-refractivity contribution is -0.123. The molecular weight excluding hydrogens is 411 g/mol. The van der Waals surface area contributed by atoms with E-state index in [2.05, 4.69) is 5.32 Å². The maximum Gasteiger partial charge on any atom is 0.258 e. The van der Waals surface area contributed by atoms with E-state index in [9.17, 15) is 17.6 Å². The molecule has 0 bridgehead atoms. The summed E-state index contributed by atoms with van der Waals surface area (Å²) in [5.41, 5.74) is 0.617. The number of ether oxygens (including phenoxy) is 1. The van der Waals surface area contributed by atoms with Crippen LogP contribution in [-0.4, -0.2) is 27.2 Å². The molecule has 1 amide bonds. The van der Waals surface area contributed by atoms with Crippen LogP contribution in [0.1, 0.15) is 11.3 Å². The Morgan fingerprint density at radius 3 is 2.47 bits per heavy atom. The van der Waals surface area contributed by atoms with E-state index < -0.39 is 15.8 Å². The monoisotopic (exact) mass is 432 g/mol. The third-order valence-corrected chi connectivity index (χ3v) is 5.35. The number of nitrogens with zero attached hydrogens (tertiary/aromatic N) is 1. The van der Waals surface area contributed by atoms with Crippen molar-refractivity contribution < 1.29 is 26.8 Å². The zero-order valence-corrected chi connectivity index (χ0v) is 17.1. The lowest BCUT2D eigenvalue weighted by Crippen LogP contribution is -2.29. The number of benzene rings is 2. The molecule has 9 heteroatoms. The van der Waals surface area contributed by atoms with Crippen LogP contribution in [0, 0.1) is 5.82 Å². The van der Waals surface area contributed by atoms with Crippen molar-refractivity contribution in [3.63, 3.8) is 0 Å². The molecule has 0 aliphatic rings. The molecule has 30 heavy (non-hydrogen) atoms. The highest BCUT2D eigenvalue weighted by Crippen LogP contribution is 2.24. The topological polar surface area (TPSA) is 88.8 Å². The Bertz CT molecular complexity index is 1080. The number of sulfonamides is 1. The Balaban J connectivity index is 1.62. The predicted octanol–water partition coefficient (Wildman–Crippen LogP) is 3.08. The van der Waals surface area contributed by atoms with E-state index in [1.165, 1.54) is 30.5 Å². The zero-order valence-electron chi connectivity index (χ0n) is 16.2. The minimum Gasteiger partial charge on any atom is -0.484 e. The molecule has 0 saturated carbocycles. The van der Waals surface area contributed by atoms with Gasteiger partial charge >= 0.3 is 0 Å². The molecule has 0 spiro atoms. The van der Waals surface area contributed by atoms with Crippen LogP contribution in [0.4, 0.5) is 10.1 Å². The van der Waals surface area contributed by atoms with Crippen LogP contribution in [0.25, 0.3) is 0 Å². The van der Waals surface area contributed by atoms with Crippen LogP contribution in [0.3, 0.4) is 0 Å². The second-order valence-corrected chi connectivity index (χ2v) is 8.41. The summed E-state index contributed by atoms with van der Waals surface area (Å²) in [6.07, 6.45) is 2.58. The first-order valence-corrected chi connectivity index (χ1v) is 10.9. The summed E-state index contributed by atoms with van der Waals surface area (Å²) in [5.74, 6) is 0.217. The summed E-state index contributed by atoms with van der Waals surface area (Å²) >= 11 is 0. The molecule has 0 radical (unpaired) electrons. The summed E-state index contributed by atoms with van der Waals surface area (Å²) in [4.78, 5) is 11.9. The normalized spacial score (nSPS) is 11.1. The Morgan fingerprint density at radius 1 is 1.10 bits per heavy atom. The first-order chi connectivity index (χ1) is 14.3. The van der Waals surface area contributed by atoms with Crippen LogP contribution in [0.15, 0.2) is 71.3 Å². The molecule has 3 aromatic rings. The molecule has 1 heterocycles. The molecule has 0 aliphatic heterocycles. The van der Waals surface area contributed by atoms with E-state index in [-0.39, 0.29) is 31.2 Å².